The fraction of sp³-hybridized carbons (Fsp3) is 0.917. The first-order valence-corrected chi connectivity index (χ1v) is 13.2. The van der Waals surface area contributed by atoms with Gasteiger partial charge in [0.15, 0.2) is 0 Å². The van der Waals surface area contributed by atoms with Crippen LogP contribution in [0, 0.1) is 21.7 Å². The van der Waals surface area contributed by atoms with E-state index in [0.717, 1.165) is 0 Å². The Balaban J connectivity index is -0.000000425. The van der Waals surface area contributed by atoms with Crippen LogP contribution in [0.3, 0.4) is 0 Å². The van der Waals surface area contributed by atoms with Crippen LogP contribution >= 0.6 is 0 Å². The van der Waals surface area contributed by atoms with Crippen molar-refractivity contribution >= 4 is 22.1 Å². The Kier molecular flexibility index (Phi) is 16.5. The molecule has 0 heterocycles. The van der Waals surface area contributed by atoms with Crippen molar-refractivity contribution in [2.75, 3.05) is 26.2 Å². The van der Waals surface area contributed by atoms with Crippen molar-refractivity contribution in [2.24, 2.45) is 21.7 Å². The van der Waals surface area contributed by atoms with E-state index >= 15 is 0 Å². The number of quaternary nitrogens is 2. The van der Waals surface area contributed by atoms with Gasteiger partial charge < -0.3 is 30.4 Å². The van der Waals surface area contributed by atoms with Gasteiger partial charge in [0.1, 0.15) is 5.25 Å². The third-order valence-electron chi connectivity index (χ3n) is 4.00. The number of aliphatic carboxylic acids is 2. The van der Waals surface area contributed by atoms with Gasteiger partial charge in [-0.1, -0.05) is 83.1 Å². The first-order chi connectivity index (χ1) is 14.7. The summed E-state index contributed by atoms with van der Waals surface area (Å²) < 4.78 is 28.5. The highest BCUT2D eigenvalue weighted by Gasteiger charge is 2.24. The van der Waals surface area contributed by atoms with Gasteiger partial charge in [-0.3, -0.25) is 4.55 Å². The molecule has 0 fully saturated rings. The summed E-state index contributed by atoms with van der Waals surface area (Å²) in [6.45, 7) is 32.3. The molecule has 206 valence electrons. The maximum Gasteiger partial charge on any atom is 0.273 e. The molecule has 0 amide bonds. The lowest BCUT2D eigenvalue weighted by molar-refractivity contribution is -0.674. The highest BCUT2D eigenvalue weighted by molar-refractivity contribution is 7.87. The summed E-state index contributed by atoms with van der Waals surface area (Å²) in [6, 6.07) is 0. The zero-order chi connectivity index (χ0) is 28.2. The van der Waals surface area contributed by atoms with Gasteiger partial charge in [0.05, 0.1) is 32.1 Å². The van der Waals surface area contributed by atoms with Crippen molar-refractivity contribution in [3.63, 3.8) is 0 Å². The number of nitrogens with two attached hydrogens (primary N) is 2. The van der Waals surface area contributed by atoms with Crippen molar-refractivity contribution in [3.05, 3.63) is 0 Å². The van der Waals surface area contributed by atoms with E-state index in [0.29, 0.717) is 21.7 Å². The van der Waals surface area contributed by atoms with Crippen LogP contribution in [-0.4, -0.2) is 56.3 Å². The van der Waals surface area contributed by atoms with E-state index in [4.69, 9.17) is 4.55 Å². The first kappa shape index (κ1) is 37.3. The highest BCUT2D eigenvalue weighted by Crippen LogP contribution is 2.11. The SMILES string of the molecule is CC(C)(C)C[NH2+]CC(C)(C)C.CC(C)(C)C[NH2+]CC(C)(C)C.O=C([O-])CC(C(=O)[O-])S(=O)(=O)O. The standard InChI is InChI=1S/2C10H23N.C4H6O7S/c2*1-9(2,3)7-11-8-10(4,5)6;5-3(6)1-2(4(7)8)12(9,10)11/h2*11H,7-8H2,1-6H3;2H,1H2,(H,5,6)(H,7,8)(H,9,10,11). The molecule has 0 saturated heterocycles. The molecule has 34 heavy (non-hydrogen) atoms. The van der Waals surface area contributed by atoms with Gasteiger partial charge in [0.25, 0.3) is 10.1 Å². The largest absolute Gasteiger partial charge is 0.550 e. The summed E-state index contributed by atoms with van der Waals surface area (Å²) in [5, 5.41) is 22.1. The molecule has 0 aromatic heterocycles. The van der Waals surface area contributed by atoms with Gasteiger partial charge in [-0.25, -0.2) is 0 Å². The van der Waals surface area contributed by atoms with Crippen LogP contribution in [0.4, 0.5) is 0 Å². The lowest BCUT2D eigenvalue weighted by Crippen LogP contribution is -2.88. The van der Waals surface area contributed by atoms with Crippen LogP contribution in [0.15, 0.2) is 0 Å². The molecule has 1 atom stereocenters. The molecule has 0 aromatic rings. The van der Waals surface area contributed by atoms with Crippen LogP contribution in [0.5, 0.6) is 0 Å². The summed E-state index contributed by atoms with van der Waals surface area (Å²) in [5.74, 6) is -4.08. The Labute approximate surface area is 208 Å². The molecule has 0 saturated carbocycles. The minimum absolute atomic E-state index is 0.464. The molecule has 0 aliphatic heterocycles. The molecular weight excluding hydrogens is 460 g/mol. The van der Waals surface area contributed by atoms with Crippen LogP contribution in [0.1, 0.15) is 89.5 Å². The number of hydrogen-bond acceptors (Lipinski definition) is 6. The Morgan fingerprint density at radius 3 is 1.00 bits per heavy atom. The van der Waals surface area contributed by atoms with E-state index in [9.17, 15) is 28.2 Å². The lowest BCUT2D eigenvalue weighted by Gasteiger charge is -2.21. The fourth-order valence-electron chi connectivity index (χ4n) is 2.34. The smallest absolute Gasteiger partial charge is 0.273 e. The van der Waals surface area contributed by atoms with E-state index in [2.05, 4.69) is 93.7 Å². The van der Waals surface area contributed by atoms with Gasteiger partial charge in [0.2, 0.25) is 0 Å². The zero-order valence-corrected chi connectivity index (χ0v) is 24.4. The second-order valence-electron chi connectivity index (χ2n) is 13.5. The summed E-state index contributed by atoms with van der Waals surface area (Å²) in [6.07, 6.45) is -1.33. The van der Waals surface area contributed by atoms with Gasteiger partial charge in [-0.2, -0.15) is 8.42 Å². The quantitative estimate of drug-likeness (QED) is 0.365. The average Bonchev–Trinajstić information content (AvgIpc) is 2.47. The second kappa shape index (κ2) is 15.0. The Morgan fingerprint density at radius 2 is 0.912 bits per heavy atom. The molecule has 0 bridgehead atoms. The maximum atomic E-state index is 10.2. The van der Waals surface area contributed by atoms with Gasteiger partial charge in [-0.15, -0.1) is 0 Å². The molecule has 5 N–H and O–H groups in total. The van der Waals surface area contributed by atoms with Crippen LogP contribution in [0.25, 0.3) is 0 Å². The molecule has 0 rings (SSSR count). The van der Waals surface area contributed by atoms with Crippen LogP contribution in [0.2, 0.25) is 0 Å². The monoisotopic (exact) mass is 512 g/mol. The predicted molar refractivity (Wildman–Crippen MR) is 131 cm³/mol. The Hall–Kier alpha value is -1.23. The maximum absolute atomic E-state index is 10.2. The van der Waals surface area contributed by atoms with E-state index in [-0.39, 0.29) is 0 Å². The topological polar surface area (TPSA) is 168 Å². The van der Waals surface area contributed by atoms with Crippen molar-refractivity contribution in [2.45, 2.75) is 94.8 Å². The third-order valence-corrected chi connectivity index (χ3v) is 5.08. The number of carbonyl (C=O) groups is 2. The Morgan fingerprint density at radius 1 is 0.676 bits per heavy atom. The van der Waals surface area contributed by atoms with E-state index < -0.39 is 33.7 Å². The number of carboxylic acids is 2. The molecule has 0 aliphatic carbocycles. The minimum atomic E-state index is -4.94. The van der Waals surface area contributed by atoms with Crippen LogP contribution in [-0.2, 0) is 19.7 Å². The molecule has 10 heteroatoms. The van der Waals surface area contributed by atoms with Crippen molar-refractivity contribution < 1.29 is 43.4 Å². The van der Waals surface area contributed by atoms with Crippen molar-refractivity contribution in [1.82, 2.24) is 0 Å². The number of carboxylic acid groups (broad SMARTS) is 2. The summed E-state index contributed by atoms with van der Waals surface area (Å²) in [7, 11) is -4.94. The van der Waals surface area contributed by atoms with Gasteiger partial charge in [-0.05, 0) is 0 Å². The zero-order valence-electron chi connectivity index (χ0n) is 23.6. The number of rotatable bonds is 8. The number of carbonyl (C=O) groups excluding carboxylic acids is 2. The number of hydrogen-bond donors (Lipinski definition) is 3. The molecule has 0 radical (unpaired) electrons. The van der Waals surface area contributed by atoms with E-state index in [1.165, 1.54) is 26.2 Å². The molecule has 0 aliphatic rings. The predicted octanol–water partition coefficient (Wildman–Crippen LogP) is -0.583. The summed E-state index contributed by atoms with van der Waals surface area (Å²) in [4.78, 5) is 19.7. The normalized spacial score (nSPS) is 13.7. The fourth-order valence-corrected chi connectivity index (χ4v) is 2.93. The highest BCUT2D eigenvalue weighted by atomic mass is 32.2. The van der Waals surface area contributed by atoms with E-state index in [1.54, 1.807) is 0 Å². The third kappa shape index (κ3) is 32.9. The van der Waals surface area contributed by atoms with Gasteiger partial charge in [0, 0.05) is 34.1 Å². The molecule has 0 aromatic carbocycles. The van der Waals surface area contributed by atoms with Crippen LogP contribution < -0.4 is 20.8 Å². The lowest BCUT2D eigenvalue weighted by atomic mass is 9.94. The molecule has 9 nitrogen and oxygen atoms in total. The van der Waals surface area contributed by atoms with Gasteiger partial charge >= 0.3 is 0 Å². The average molecular weight is 513 g/mol. The molecule has 1 unspecified atom stereocenters. The van der Waals surface area contributed by atoms with Crippen molar-refractivity contribution in [3.8, 4) is 0 Å². The molecule has 0 spiro atoms. The van der Waals surface area contributed by atoms with Crippen molar-refractivity contribution in [1.29, 1.82) is 0 Å². The summed E-state index contributed by atoms with van der Waals surface area (Å²) >= 11 is 0. The minimum Gasteiger partial charge on any atom is -0.550 e. The second-order valence-corrected chi connectivity index (χ2v) is 15.1. The Bertz CT molecular complexity index is 635. The molecular formula is C24H52N2O7S. The van der Waals surface area contributed by atoms with E-state index in [1.807, 2.05) is 0 Å². The first-order valence-electron chi connectivity index (χ1n) is 11.7. The summed E-state index contributed by atoms with van der Waals surface area (Å²) in [5.41, 5.74) is 1.85.